The van der Waals surface area contributed by atoms with Gasteiger partial charge in [0.2, 0.25) is 0 Å². The van der Waals surface area contributed by atoms with Crippen LogP contribution in [-0.4, -0.2) is 37.9 Å². The van der Waals surface area contributed by atoms with E-state index >= 15 is 0 Å². The van der Waals surface area contributed by atoms with Crippen LogP contribution in [-0.2, 0) is 9.31 Å². The third-order valence-corrected chi connectivity index (χ3v) is 4.82. The Morgan fingerprint density at radius 3 is 2.38 bits per heavy atom. The Balaban J connectivity index is 2.20. The molecule has 2 rings (SSSR count). The summed E-state index contributed by atoms with van der Waals surface area (Å²) < 4.78 is 17.6. The van der Waals surface area contributed by atoms with Crippen molar-refractivity contribution >= 4 is 18.5 Å². The van der Waals surface area contributed by atoms with Gasteiger partial charge in [0.1, 0.15) is 5.75 Å². The molecule has 1 heterocycles. The second-order valence-corrected chi connectivity index (χ2v) is 7.15. The molecule has 1 aliphatic rings. The Morgan fingerprint density at radius 1 is 1.21 bits per heavy atom. The molecule has 0 atom stereocenters. The van der Waals surface area contributed by atoms with E-state index in [1.165, 1.54) is 0 Å². The van der Waals surface area contributed by atoms with Crippen molar-refractivity contribution in [3.63, 3.8) is 0 Å². The van der Waals surface area contributed by atoms with E-state index in [2.05, 4.69) is 12.2 Å². The van der Waals surface area contributed by atoms with Crippen LogP contribution in [0.5, 0.6) is 5.75 Å². The van der Waals surface area contributed by atoms with Gasteiger partial charge >= 0.3 is 7.12 Å². The molecule has 0 aromatic heterocycles. The van der Waals surface area contributed by atoms with Crippen molar-refractivity contribution in [3.05, 3.63) is 23.8 Å². The van der Waals surface area contributed by atoms with Gasteiger partial charge in [-0.3, -0.25) is 4.79 Å². The predicted molar refractivity (Wildman–Crippen MR) is 96.0 cm³/mol. The lowest BCUT2D eigenvalue weighted by molar-refractivity contribution is 0.00578. The molecule has 1 aromatic carbocycles. The van der Waals surface area contributed by atoms with Gasteiger partial charge in [-0.15, -0.1) is 0 Å². The first kappa shape index (κ1) is 18.8. The number of hydrogen-bond donors (Lipinski definition) is 1. The van der Waals surface area contributed by atoms with Crippen molar-refractivity contribution < 1.29 is 18.8 Å². The van der Waals surface area contributed by atoms with E-state index in [1.807, 2.05) is 33.8 Å². The zero-order valence-electron chi connectivity index (χ0n) is 15.6. The zero-order valence-corrected chi connectivity index (χ0v) is 15.6. The quantitative estimate of drug-likeness (QED) is 0.642. The molecule has 0 bridgehead atoms. The number of unbranched alkanes of at least 4 members (excludes halogenated alkanes) is 1. The number of nitrogens with one attached hydrogen (secondary N) is 1. The number of carbonyl (C=O) groups excluding carboxylic acids is 1. The van der Waals surface area contributed by atoms with Crippen LogP contribution in [0.2, 0.25) is 0 Å². The molecule has 1 aromatic rings. The molecule has 1 saturated heterocycles. The first-order chi connectivity index (χ1) is 11.2. The van der Waals surface area contributed by atoms with E-state index in [1.54, 1.807) is 19.2 Å². The van der Waals surface area contributed by atoms with Crippen molar-refractivity contribution in [2.24, 2.45) is 0 Å². The maximum Gasteiger partial charge on any atom is 0.498 e. The number of rotatable bonds is 6. The summed E-state index contributed by atoms with van der Waals surface area (Å²) >= 11 is 0. The monoisotopic (exact) mass is 333 g/mol. The first-order valence-corrected chi connectivity index (χ1v) is 8.53. The fourth-order valence-corrected chi connectivity index (χ4v) is 2.50. The van der Waals surface area contributed by atoms with Crippen LogP contribution in [0.15, 0.2) is 18.2 Å². The van der Waals surface area contributed by atoms with Gasteiger partial charge in [-0.25, -0.2) is 0 Å². The number of ether oxygens (including phenoxy) is 1. The summed E-state index contributed by atoms with van der Waals surface area (Å²) in [6, 6.07) is 5.36. The summed E-state index contributed by atoms with van der Waals surface area (Å²) in [4.78, 5) is 12.2. The Hall–Kier alpha value is -1.53. The smallest absolute Gasteiger partial charge is 0.497 e. The van der Waals surface area contributed by atoms with Crippen LogP contribution in [0.3, 0.4) is 0 Å². The van der Waals surface area contributed by atoms with E-state index < -0.39 is 18.3 Å². The van der Waals surface area contributed by atoms with Crippen LogP contribution in [0.4, 0.5) is 0 Å². The molecule has 0 radical (unpaired) electrons. The van der Waals surface area contributed by atoms with Crippen molar-refractivity contribution in [1.29, 1.82) is 0 Å². The fourth-order valence-electron chi connectivity index (χ4n) is 2.50. The second kappa shape index (κ2) is 7.15. The van der Waals surface area contributed by atoms with E-state index in [0.29, 0.717) is 17.9 Å². The molecule has 6 heteroatoms. The van der Waals surface area contributed by atoms with E-state index in [-0.39, 0.29) is 5.91 Å². The normalized spacial score (nSPS) is 18.5. The van der Waals surface area contributed by atoms with Gasteiger partial charge in [0.25, 0.3) is 5.91 Å². The molecule has 5 nitrogen and oxygen atoms in total. The van der Waals surface area contributed by atoms with Crippen molar-refractivity contribution in [1.82, 2.24) is 5.32 Å². The molecule has 1 fully saturated rings. The van der Waals surface area contributed by atoms with Crippen molar-refractivity contribution in [3.8, 4) is 5.75 Å². The summed E-state index contributed by atoms with van der Waals surface area (Å²) in [5.41, 5.74) is 0.530. The largest absolute Gasteiger partial charge is 0.498 e. The standard InChI is InChI=1S/C18H28BNO4/c1-7-8-11-20-16(21)13-9-10-14(15(12-13)22-6)19-23-17(2,3)18(4,5)24-19/h9-10,12H,7-8,11H2,1-6H3,(H,20,21). The Bertz CT molecular complexity index is 585. The van der Waals surface area contributed by atoms with Crippen LogP contribution in [0, 0.1) is 0 Å². The van der Waals surface area contributed by atoms with Crippen molar-refractivity contribution in [2.45, 2.75) is 58.7 Å². The summed E-state index contributed by atoms with van der Waals surface area (Å²) in [6.07, 6.45) is 2.01. The second-order valence-electron chi connectivity index (χ2n) is 7.15. The SMILES string of the molecule is CCCCNC(=O)c1ccc(B2OC(C)(C)C(C)(C)O2)c(OC)c1. The Kier molecular flexibility index (Phi) is 5.61. The minimum absolute atomic E-state index is 0.0952. The number of carbonyl (C=O) groups is 1. The molecule has 1 N–H and O–H groups in total. The topological polar surface area (TPSA) is 56.8 Å². The number of methoxy groups -OCH3 is 1. The molecule has 1 amide bonds. The Morgan fingerprint density at radius 2 is 1.83 bits per heavy atom. The summed E-state index contributed by atoms with van der Waals surface area (Å²) in [6.45, 7) is 10.8. The third-order valence-electron chi connectivity index (χ3n) is 4.82. The summed E-state index contributed by atoms with van der Waals surface area (Å²) in [7, 11) is 1.07. The highest BCUT2D eigenvalue weighted by Crippen LogP contribution is 2.37. The molecule has 1 aliphatic heterocycles. The molecular weight excluding hydrogens is 305 g/mol. The average Bonchev–Trinajstić information content (AvgIpc) is 2.74. The van der Waals surface area contributed by atoms with Gasteiger partial charge in [-0.1, -0.05) is 19.4 Å². The van der Waals surface area contributed by atoms with E-state index in [4.69, 9.17) is 14.0 Å². The summed E-state index contributed by atoms with van der Waals surface area (Å²) in [5.74, 6) is 0.499. The molecule has 24 heavy (non-hydrogen) atoms. The minimum atomic E-state index is -0.512. The molecular formula is C18H28BNO4. The van der Waals surface area contributed by atoms with Gasteiger partial charge < -0.3 is 19.4 Å². The lowest BCUT2D eigenvalue weighted by Gasteiger charge is -2.32. The molecule has 132 valence electrons. The maximum absolute atomic E-state index is 12.2. The summed E-state index contributed by atoms with van der Waals surface area (Å²) in [5, 5.41) is 2.91. The predicted octanol–water partition coefficient (Wildman–Crippen LogP) is 2.52. The average molecular weight is 333 g/mol. The third kappa shape index (κ3) is 3.76. The number of hydrogen-bond acceptors (Lipinski definition) is 4. The minimum Gasteiger partial charge on any atom is -0.497 e. The van der Waals surface area contributed by atoms with E-state index in [0.717, 1.165) is 18.3 Å². The molecule has 0 aliphatic carbocycles. The van der Waals surface area contributed by atoms with Crippen LogP contribution >= 0.6 is 0 Å². The van der Waals surface area contributed by atoms with E-state index in [9.17, 15) is 4.79 Å². The first-order valence-electron chi connectivity index (χ1n) is 8.53. The number of benzene rings is 1. The highest BCUT2D eigenvalue weighted by Gasteiger charge is 2.52. The molecule has 0 saturated carbocycles. The van der Waals surface area contributed by atoms with Gasteiger partial charge in [0, 0.05) is 17.6 Å². The van der Waals surface area contributed by atoms with Crippen LogP contribution in [0.1, 0.15) is 57.8 Å². The fraction of sp³-hybridized carbons (Fsp3) is 0.611. The van der Waals surface area contributed by atoms with Gasteiger partial charge in [0.15, 0.2) is 0 Å². The highest BCUT2D eigenvalue weighted by molar-refractivity contribution is 6.63. The molecule has 0 unspecified atom stereocenters. The highest BCUT2D eigenvalue weighted by atomic mass is 16.7. The zero-order chi connectivity index (χ0) is 18.0. The lowest BCUT2D eigenvalue weighted by atomic mass is 9.78. The lowest BCUT2D eigenvalue weighted by Crippen LogP contribution is -2.41. The van der Waals surface area contributed by atoms with Gasteiger partial charge in [0.05, 0.1) is 18.3 Å². The number of amides is 1. The van der Waals surface area contributed by atoms with Gasteiger partial charge in [-0.2, -0.15) is 0 Å². The maximum atomic E-state index is 12.2. The van der Waals surface area contributed by atoms with Crippen molar-refractivity contribution in [2.75, 3.05) is 13.7 Å². The van der Waals surface area contributed by atoms with Crippen LogP contribution in [0.25, 0.3) is 0 Å². The van der Waals surface area contributed by atoms with Gasteiger partial charge in [-0.05, 0) is 46.2 Å². The van der Waals surface area contributed by atoms with Crippen LogP contribution < -0.4 is 15.5 Å². The molecule has 0 spiro atoms. The Labute approximate surface area is 145 Å².